The summed E-state index contributed by atoms with van der Waals surface area (Å²) in [4.78, 5) is 0. The van der Waals surface area contributed by atoms with Gasteiger partial charge in [-0.05, 0) is 231 Å². The Morgan fingerprint density at radius 2 is 0.520 bits per heavy atom. The standard InChI is InChI=1S/C10H16N2.C9H14N2O.C9H14N2S.C9H14N2.C8H12N2O.C8H12N2S.C8H12N2.C7H10N2O.C7H10N2S.CH4/c1-8-9(2)11-12-7-5-3-4-6-10(8)12;2*1-7-8(2)10-11-5-3-4-6-12-9(7)11;1-7-8(2)10-11-6-4-3-5-9(7)11;2*1-6-7(2)9-10-4-3-5-11-8(6)10;1-6-7(2)9-10-5-3-4-8(6)10;2*1-5-6(2)8-9-3-4-10-7(5)9;/h3-7H2,1-2H3;2*3-6H2,1-2H3;3-6H2,1-2H3;2*3-5H2,1-2H3;3-5H2,1-2H3;2*3-4H2,1-2H3;1H4. The van der Waals surface area contributed by atoms with Crippen molar-refractivity contribution < 1.29 is 14.2 Å². The third-order valence-corrected chi connectivity index (χ3v) is 24.3. The van der Waals surface area contributed by atoms with Crippen molar-refractivity contribution in [1.82, 2.24) is 88.0 Å². The molecule has 9 aliphatic heterocycles. The Balaban J connectivity index is 0.000000131. The molecule has 548 valence electrons. The van der Waals surface area contributed by atoms with Gasteiger partial charge in [-0.2, -0.15) is 45.9 Å². The first-order chi connectivity index (χ1) is 47.6. The Kier molecular flexibility index (Phi) is 27.9. The van der Waals surface area contributed by atoms with Crippen LogP contribution in [0.4, 0.5) is 0 Å². The summed E-state index contributed by atoms with van der Waals surface area (Å²) >= 11 is 5.81. The van der Waals surface area contributed by atoms with Crippen molar-refractivity contribution >= 4 is 35.3 Å². The number of hydrogen-bond acceptors (Lipinski definition) is 15. The molecule has 21 nitrogen and oxygen atoms in total. The minimum absolute atomic E-state index is 0. The number of nitrogens with zero attached hydrogens (tertiary/aromatic N) is 18. The zero-order valence-electron chi connectivity index (χ0n) is 63.2. The zero-order chi connectivity index (χ0) is 70.6. The van der Waals surface area contributed by atoms with Crippen LogP contribution in [0.5, 0.6) is 17.6 Å². The summed E-state index contributed by atoms with van der Waals surface area (Å²) in [7, 11) is 0. The maximum Gasteiger partial charge on any atom is 0.215 e. The lowest BCUT2D eigenvalue weighted by atomic mass is 10.1. The van der Waals surface area contributed by atoms with Crippen LogP contribution in [-0.4, -0.2) is 125 Å². The van der Waals surface area contributed by atoms with Crippen LogP contribution in [0.25, 0.3) is 0 Å². The molecule has 0 saturated carbocycles. The van der Waals surface area contributed by atoms with Gasteiger partial charge in [0.2, 0.25) is 17.6 Å². The molecule has 0 atom stereocenters. The van der Waals surface area contributed by atoms with E-state index in [1.807, 2.05) is 77.0 Å². The number of thioether (sulfide) groups is 3. The van der Waals surface area contributed by atoms with E-state index in [1.165, 1.54) is 217 Å². The molecule has 0 radical (unpaired) electrons. The predicted molar refractivity (Wildman–Crippen MR) is 407 cm³/mol. The highest BCUT2D eigenvalue weighted by Gasteiger charge is 2.23. The van der Waals surface area contributed by atoms with E-state index >= 15 is 0 Å². The Morgan fingerprint density at radius 3 is 1.00 bits per heavy atom. The van der Waals surface area contributed by atoms with E-state index in [2.05, 4.69) is 171 Å². The molecule has 9 aromatic rings. The molecule has 0 fully saturated rings. The van der Waals surface area contributed by atoms with E-state index in [1.54, 1.807) is 0 Å². The Morgan fingerprint density at radius 1 is 0.230 bits per heavy atom. The fourth-order valence-electron chi connectivity index (χ4n) is 13.5. The molecule has 18 rings (SSSR count). The maximum absolute atomic E-state index is 5.60. The molecule has 24 heteroatoms. The molecular weight excluding hydrogens is 1310 g/mol. The van der Waals surface area contributed by atoms with Crippen molar-refractivity contribution in [3.63, 3.8) is 0 Å². The Hall–Kier alpha value is -6.66. The van der Waals surface area contributed by atoms with Crippen molar-refractivity contribution in [3.05, 3.63) is 118 Å². The summed E-state index contributed by atoms with van der Waals surface area (Å²) in [5, 5.41) is 43.9. The summed E-state index contributed by atoms with van der Waals surface area (Å²) in [5.41, 5.74) is 26.7. The Bertz CT molecular complexity index is 3740. The zero-order valence-corrected chi connectivity index (χ0v) is 65.7. The smallest absolute Gasteiger partial charge is 0.215 e. The lowest BCUT2D eigenvalue weighted by Gasteiger charge is -2.14. The molecule has 0 amide bonds. The molecule has 0 N–H and O–H groups in total. The minimum atomic E-state index is 0. The monoisotopic (exact) mass is 1430 g/mol. The highest BCUT2D eigenvalue weighted by Crippen LogP contribution is 2.33. The molecule has 9 aromatic heterocycles. The van der Waals surface area contributed by atoms with E-state index in [0.29, 0.717) is 0 Å². The third-order valence-electron chi connectivity index (χ3n) is 20.6. The van der Waals surface area contributed by atoms with Crippen molar-refractivity contribution in [1.29, 1.82) is 0 Å². The van der Waals surface area contributed by atoms with Crippen molar-refractivity contribution in [2.75, 3.05) is 37.1 Å². The highest BCUT2D eigenvalue weighted by molar-refractivity contribution is 7.99. The summed E-state index contributed by atoms with van der Waals surface area (Å²) in [5.74, 6) is 6.61. The number of aryl methyl sites for hydroxylation is 17. The van der Waals surface area contributed by atoms with E-state index in [-0.39, 0.29) is 7.43 Å². The molecule has 0 spiro atoms. The van der Waals surface area contributed by atoms with Gasteiger partial charge in [0.1, 0.15) is 6.61 Å². The average Bonchev–Trinajstić information content (AvgIpc) is 1.68. The summed E-state index contributed by atoms with van der Waals surface area (Å²) in [6.07, 6.45) is 18.9. The van der Waals surface area contributed by atoms with Gasteiger partial charge < -0.3 is 14.2 Å². The Labute approximate surface area is 609 Å². The minimum Gasteiger partial charge on any atom is -0.478 e. The van der Waals surface area contributed by atoms with Crippen LogP contribution in [0, 0.1) is 125 Å². The maximum atomic E-state index is 5.60. The van der Waals surface area contributed by atoms with Gasteiger partial charge in [-0.25, -0.2) is 14.0 Å². The molecular formula is C76H118N18O3S3. The highest BCUT2D eigenvalue weighted by atomic mass is 32.2. The number of ether oxygens (including phenoxy) is 3. The predicted octanol–water partition coefficient (Wildman–Crippen LogP) is 16.0. The van der Waals surface area contributed by atoms with Crippen molar-refractivity contribution in [2.45, 2.75) is 302 Å². The van der Waals surface area contributed by atoms with Gasteiger partial charge in [0.15, 0.2) is 0 Å². The van der Waals surface area contributed by atoms with Gasteiger partial charge in [0, 0.05) is 114 Å². The van der Waals surface area contributed by atoms with Crippen LogP contribution in [0.2, 0.25) is 0 Å². The molecule has 18 heterocycles. The lowest BCUT2D eigenvalue weighted by Crippen LogP contribution is -2.14. The van der Waals surface area contributed by atoms with E-state index in [9.17, 15) is 0 Å². The molecule has 9 aliphatic rings. The van der Waals surface area contributed by atoms with Crippen molar-refractivity contribution in [3.8, 4) is 17.6 Å². The molecule has 0 saturated heterocycles. The van der Waals surface area contributed by atoms with Gasteiger partial charge in [-0.15, -0.1) is 35.3 Å². The van der Waals surface area contributed by atoms with Crippen LogP contribution in [0.1, 0.15) is 203 Å². The van der Waals surface area contributed by atoms with E-state index in [4.69, 9.17) is 14.2 Å². The SMILES string of the molecule is C.Cc1nn2c(c1C)CCC2.Cc1nn2c(c1C)CCCC2.Cc1nn2c(c1C)CCCCC2.Cc1nn2c(c1C)OCC2.Cc1nn2c(c1C)OCCC2.Cc1nn2c(c1C)OCCCC2.Cc1nn2c(c1C)SCC2.Cc1nn2c(c1C)SCCC2.Cc1nn2c(c1C)SCCCC2. The fourth-order valence-corrected chi connectivity index (χ4v) is 16.9. The fraction of sp³-hybridized carbons (Fsp3) is 0.645. The van der Waals surface area contributed by atoms with Crippen LogP contribution >= 0.6 is 35.3 Å². The number of rotatable bonds is 0. The number of hydrogen-bond donors (Lipinski definition) is 0. The summed E-state index contributed by atoms with van der Waals surface area (Å²) < 4.78 is 35.2. The van der Waals surface area contributed by atoms with Crippen LogP contribution in [0.3, 0.4) is 0 Å². The normalized spacial score (nSPS) is 16.1. The second kappa shape index (κ2) is 36.0. The quantitative estimate of drug-likeness (QED) is 0.139. The molecule has 0 bridgehead atoms. The van der Waals surface area contributed by atoms with Gasteiger partial charge >= 0.3 is 0 Å². The van der Waals surface area contributed by atoms with Crippen LogP contribution < -0.4 is 14.2 Å². The van der Waals surface area contributed by atoms with Gasteiger partial charge in [-0.3, -0.25) is 28.1 Å². The molecule has 0 unspecified atom stereocenters. The number of fused-ring (bicyclic) bond motifs is 9. The summed E-state index contributed by atoms with van der Waals surface area (Å²) in [6.45, 7) is 49.8. The lowest BCUT2D eigenvalue weighted by molar-refractivity contribution is 0.229. The van der Waals surface area contributed by atoms with E-state index < -0.39 is 0 Å². The van der Waals surface area contributed by atoms with Crippen LogP contribution in [0.15, 0.2) is 15.1 Å². The topological polar surface area (TPSA) is 188 Å². The summed E-state index contributed by atoms with van der Waals surface area (Å²) in [6, 6.07) is 0. The molecule has 0 aliphatic carbocycles. The van der Waals surface area contributed by atoms with E-state index in [0.717, 1.165) is 126 Å². The number of aromatic nitrogens is 18. The first kappa shape index (κ1) is 77.5. The first-order valence-corrected chi connectivity index (χ1v) is 39.6. The second-order valence-electron chi connectivity index (χ2n) is 27.7. The molecule has 100 heavy (non-hydrogen) atoms. The first-order valence-electron chi connectivity index (χ1n) is 36.7. The van der Waals surface area contributed by atoms with Gasteiger partial charge in [-0.1, -0.05) is 13.8 Å². The van der Waals surface area contributed by atoms with Crippen molar-refractivity contribution in [2.24, 2.45) is 0 Å². The molecule has 0 aromatic carbocycles. The third kappa shape index (κ3) is 18.6. The average molecular weight is 1430 g/mol. The van der Waals surface area contributed by atoms with Gasteiger partial charge in [0.25, 0.3) is 0 Å². The van der Waals surface area contributed by atoms with Crippen LogP contribution in [-0.2, 0) is 78.2 Å². The second-order valence-corrected chi connectivity index (χ2v) is 30.9. The van der Waals surface area contributed by atoms with Gasteiger partial charge in [0.05, 0.1) is 92.6 Å². The largest absolute Gasteiger partial charge is 0.478 e.